The Morgan fingerprint density at radius 1 is 1.24 bits per heavy atom. The van der Waals surface area contributed by atoms with Gasteiger partial charge in [0.2, 0.25) is 5.91 Å². The van der Waals surface area contributed by atoms with Crippen LogP contribution >= 0.6 is 0 Å². The minimum atomic E-state index is -0.608. The van der Waals surface area contributed by atoms with Crippen LogP contribution in [0.5, 0.6) is 0 Å². The molecule has 1 rings (SSSR count). The van der Waals surface area contributed by atoms with E-state index in [1.165, 1.54) is 0 Å². The normalized spacial score (nSPS) is 22.3. The highest BCUT2D eigenvalue weighted by Crippen LogP contribution is 2.09. The van der Waals surface area contributed by atoms with Crippen molar-refractivity contribution in [2.75, 3.05) is 45.8 Å². The second-order valence-electron chi connectivity index (χ2n) is 4.94. The monoisotopic (exact) mass is 242 g/mol. The van der Waals surface area contributed by atoms with Gasteiger partial charge in [-0.1, -0.05) is 13.8 Å². The molecule has 1 aliphatic rings. The summed E-state index contributed by atoms with van der Waals surface area (Å²) in [5.74, 6) is -0.266. The second-order valence-corrected chi connectivity index (χ2v) is 4.94. The van der Waals surface area contributed by atoms with E-state index >= 15 is 0 Å². The van der Waals surface area contributed by atoms with Gasteiger partial charge >= 0.3 is 0 Å². The predicted octanol–water partition coefficient (Wildman–Crippen LogP) is -0.523. The molecule has 1 heterocycles. The second kappa shape index (κ2) is 6.33. The molecule has 1 aliphatic heterocycles. The van der Waals surface area contributed by atoms with Gasteiger partial charge in [-0.15, -0.1) is 0 Å². The Morgan fingerprint density at radius 3 is 2.18 bits per heavy atom. The third kappa shape index (κ3) is 3.94. The molecule has 1 atom stereocenters. The van der Waals surface area contributed by atoms with Crippen molar-refractivity contribution in [2.24, 2.45) is 5.73 Å². The Bertz CT molecular complexity index is 251. The molecule has 5 nitrogen and oxygen atoms in total. The van der Waals surface area contributed by atoms with Crippen molar-refractivity contribution >= 4 is 5.91 Å². The van der Waals surface area contributed by atoms with Gasteiger partial charge in [0.15, 0.2) is 0 Å². The van der Waals surface area contributed by atoms with Crippen LogP contribution in [0, 0.1) is 0 Å². The van der Waals surface area contributed by atoms with Crippen LogP contribution in [-0.4, -0.2) is 67.1 Å². The zero-order chi connectivity index (χ0) is 12.9. The molecule has 1 saturated heterocycles. The summed E-state index contributed by atoms with van der Waals surface area (Å²) < 4.78 is 0. The first-order valence-electron chi connectivity index (χ1n) is 6.51. The molecule has 3 N–H and O–H groups in total. The number of nitrogens with two attached hydrogens (primary N) is 1. The van der Waals surface area contributed by atoms with Gasteiger partial charge in [0.1, 0.15) is 5.54 Å². The summed E-state index contributed by atoms with van der Waals surface area (Å²) in [6.07, 6.45) is 0. The first-order chi connectivity index (χ1) is 8.01. The van der Waals surface area contributed by atoms with E-state index < -0.39 is 5.54 Å². The van der Waals surface area contributed by atoms with Gasteiger partial charge in [-0.25, -0.2) is 0 Å². The van der Waals surface area contributed by atoms with E-state index in [0.29, 0.717) is 6.54 Å². The van der Waals surface area contributed by atoms with Gasteiger partial charge in [0, 0.05) is 32.7 Å². The highest BCUT2D eigenvalue weighted by molar-refractivity contribution is 5.84. The number of carbonyl (C=O) groups excluding carboxylic acids is 1. The third-order valence-corrected chi connectivity index (χ3v) is 3.56. The number of primary amides is 1. The summed E-state index contributed by atoms with van der Waals surface area (Å²) in [6.45, 7) is 12.8. The summed E-state index contributed by atoms with van der Waals surface area (Å²) in [4.78, 5) is 16.3. The Morgan fingerprint density at radius 2 is 1.76 bits per heavy atom. The number of nitrogens with one attached hydrogen (secondary N) is 1. The maximum atomic E-state index is 11.5. The van der Waals surface area contributed by atoms with Crippen molar-refractivity contribution in [2.45, 2.75) is 26.3 Å². The molecule has 0 aromatic heterocycles. The number of piperazine rings is 1. The smallest absolute Gasteiger partial charge is 0.238 e. The number of rotatable bonds is 6. The Labute approximate surface area is 104 Å². The largest absolute Gasteiger partial charge is 0.368 e. The van der Waals surface area contributed by atoms with Gasteiger partial charge in [-0.05, 0) is 20.0 Å². The lowest BCUT2D eigenvalue weighted by atomic mass is 10.00. The van der Waals surface area contributed by atoms with Gasteiger partial charge in [0.25, 0.3) is 0 Å². The van der Waals surface area contributed by atoms with Crippen molar-refractivity contribution in [1.82, 2.24) is 15.1 Å². The lowest BCUT2D eigenvalue weighted by Crippen LogP contribution is -2.61. The van der Waals surface area contributed by atoms with Gasteiger partial charge < -0.3 is 16.0 Å². The van der Waals surface area contributed by atoms with Crippen LogP contribution in [0.3, 0.4) is 0 Å². The van der Waals surface area contributed by atoms with E-state index in [1.807, 2.05) is 13.8 Å². The zero-order valence-electron chi connectivity index (χ0n) is 11.3. The molecule has 0 saturated carbocycles. The van der Waals surface area contributed by atoms with E-state index in [9.17, 15) is 4.79 Å². The Kier molecular flexibility index (Phi) is 5.36. The van der Waals surface area contributed by atoms with Crippen LogP contribution in [0.1, 0.15) is 20.8 Å². The highest BCUT2D eigenvalue weighted by atomic mass is 16.1. The molecular formula is C12H26N4O. The van der Waals surface area contributed by atoms with Gasteiger partial charge in [0.05, 0.1) is 0 Å². The minimum Gasteiger partial charge on any atom is -0.368 e. The fraction of sp³-hybridized carbons (Fsp3) is 0.917. The lowest BCUT2D eigenvalue weighted by Gasteiger charge is -2.39. The number of carbonyl (C=O) groups is 1. The number of likely N-dealkylation sites (N-methyl/N-ethyl adjacent to an activating group) is 2. The topological polar surface area (TPSA) is 61.6 Å². The van der Waals surface area contributed by atoms with Crippen LogP contribution in [0.2, 0.25) is 0 Å². The van der Waals surface area contributed by atoms with Crippen molar-refractivity contribution in [3.63, 3.8) is 0 Å². The van der Waals surface area contributed by atoms with Crippen molar-refractivity contribution in [3.05, 3.63) is 0 Å². The molecule has 0 aromatic rings. The molecule has 1 unspecified atom stereocenters. The molecule has 100 valence electrons. The molecular weight excluding hydrogens is 216 g/mol. The van der Waals surface area contributed by atoms with E-state index in [2.05, 4.69) is 22.0 Å². The fourth-order valence-electron chi connectivity index (χ4n) is 2.32. The van der Waals surface area contributed by atoms with Crippen LogP contribution in [0.25, 0.3) is 0 Å². The zero-order valence-corrected chi connectivity index (χ0v) is 11.3. The highest BCUT2D eigenvalue weighted by Gasteiger charge is 2.33. The van der Waals surface area contributed by atoms with Gasteiger partial charge in [-0.3, -0.25) is 9.69 Å². The molecule has 17 heavy (non-hydrogen) atoms. The average Bonchev–Trinajstić information content (AvgIpc) is 2.30. The Balaban J connectivity index is 2.49. The molecule has 0 bridgehead atoms. The number of hydrogen-bond donors (Lipinski definition) is 2. The molecule has 1 fully saturated rings. The van der Waals surface area contributed by atoms with Crippen molar-refractivity contribution in [1.29, 1.82) is 0 Å². The number of amides is 1. The summed E-state index contributed by atoms with van der Waals surface area (Å²) in [6, 6.07) is 0. The molecule has 1 amide bonds. The first-order valence-corrected chi connectivity index (χ1v) is 6.51. The third-order valence-electron chi connectivity index (χ3n) is 3.56. The lowest BCUT2D eigenvalue weighted by molar-refractivity contribution is -0.124. The molecule has 0 aromatic carbocycles. The minimum absolute atomic E-state index is 0.266. The maximum absolute atomic E-state index is 11.5. The quantitative estimate of drug-likeness (QED) is 0.658. The number of hydrogen-bond acceptors (Lipinski definition) is 4. The van der Waals surface area contributed by atoms with Crippen LogP contribution in [0.15, 0.2) is 0 Å². The fourth-order valence-corrected chi connectivity index (χ4v) is 2.32. The van der Waals surface area contributed by atoms with E-state index in [1.54, 1.807) is 0 Å². The molecule has 0 spiro atoms. The van der Waals surface area contributed by atoms with E-state index in [0.717, 1.165) is 39.3 Å². The maximum Gasteiger partial charge on any atom is 0.238 e. The first kappa shape index (κ1) is 14.4. The van der Waals surface area contributed by atoms with Crippen LogP contribution in [0.4, 0.5) is 0 Å². The molecule has 0 aliphatic carbocycles. The van der Waals surface area contributed by atoms with Crippen LogP contribution in [-0.2, 0) is 4.79 Å². The summed E-state index contributed by atoms with van der Waals surface area (Å²) in [7, 11) is 0. The van der Waals surface area contributed by atoms with Crippen LogP contribution < -0.4 is 11.1 Å². The SMILES string of the molecule is CCNC(C)(CN1CCN(CC)CC1)C(N)=O. The number of nitrogens with zero attached hydrogens (tertiary/aromatic N) is 2. The Hall–Kier alpha value is -0.650. The summed E-state index contributed by atoms with van der Waals surface area (Å²) in [5, 5.41) is 3.20. The summed E-state index contributed by atoms with van der Waals surface area (Å²) in [5.41, 5.74) is 4.88. The van der Waals surface area contributed by atoms with E-state index in [-0.39, 0.29) is 5.91 Å². The van der Waals surface area contributed by atoms with E-state index in [4.69, 9.17) is 5.73 Å². The molecule has 5 heteroatoms. The van der Waals surface area contributed by atoms with Gasteiger partial charge in [-0.2, -0.15) is 0 Å². The van der Waals surface area contributed by atoms with Crippen molar-refractivity contribution in [3.8, 4) is 0 Å². The van der Waals surface area contributed by atoms with Crippen molar-refractivity contribution < 1.29 is 4.79 Å². The summed E-state index contributed by atoms with van der Waals surface area (Å²) >= 11 is 0. The molecule has 0 radical (unpaired) electrons. The average molecular weight is 242 g/mol. The predicted molar refractivity (Wildman–Crippen MR) is 69.8 cm³/mol. The standard InChI is InChI=1S/C12H26N4O/c1-4-14-12(3,11(13)17)10-16-8-6-15(5-2)7-9-16/h14H,4-10H2,1-3H3,(H2,13,17).